The minimum absolute atomic E-state index is 0.0961. The SMILES string of the molecule is CC(Nc1ncnc(Cl)c1C=O)c1ccc(F)cc1. The van der Waals surface area contributed by atoms with E-state index < -0.39 is 0 Å². The molecule has 1 aromatic carbocycles. The number of nitrogens with zero attached hydrogens (tertiary/aromatic N) is 2. The van der Waals surface area contributed by atoms with Gasteiger partial charge in [0.15, 0.2) is 6.29 Å². The van der Waals surface area contributed by atoms with Crippen molar-refractivity contribution in [3.05, 3.63) is 52.7 Å². The highest BCUT2D eigenvalue weighted by Gasteiger charge is 2.12. The first-order chi connectivity index (χ1) is 9.11. The molecule has 1 aromatic heterocycles. The fraction of sp³-hybridized carbons (Fsp3) is 0.154. The van der Waals surface area contributed by atoms with Crippen LogP contribution in [0, 0.1) is 5.82 Å². The number of carbonyl (C=O) groups excluding carboxylic acids is 1. The van der Waals surface area contributed by atoms with E-state index in [0.717, 1.165) is 5.56 Å². The summed E-state index contributed by atoms with van der Waals surface area (Å²) in [6, 6.07) is 5.93. The van der Waals surface area contributed by atoms with E-state index in [1.165, 1.54) is 18.5 Å². The Bertz CT molecular complexity index is 589. The van der Waals surface area contributed by atoms with Crippen molar-refractivity contribution >= 4 is 23.7 Å². The monoisotopic (exact) mass is 279 g/mol. The largest absolute Gasteiger partial charge is 0.363 e. The molecule has 2 aromatic rings. The average Bonchev–Trinajstić information content (AvgIpc) is 2.39. The lowest BCUT2D eigenvalue weighted by Gasteiger charge is -2.16. The van der Waals surface area contributed by atoms with E-state index in [4.69, 9.17) is 11.6 Å². The van der Waals surface area contributed by atoms with Crippen molar-refractivity contribution in [1.82, 2.24) is 9.97 Å². The van der Waals surface area contributed by atoms with Crippen LogP contribution in [0.3, 0.4) is 0 Å². The molecule has 0 aliphatic heterocycles. The van der Waals surface area contributed by atoms with Crippen molar-refractivity contribution in [2.45, 2.75) is 13.0 Å². The van der Waals surface area contributed by atoms with Crippen LogP contribution in [0.4, 0.5) is 10.2 Å². The van der Waals surface area contributed by atoms with E-state index in [9.17, 15) is 9.18 Å². The minimum Gasteiger partial charge on any atom is -0.363 e. The standard InChI is InChI=1S/C13H11ClFN3O/c1-8(9-2-4-10(15)5-3-9)18-13-11(6-19)12(14)16-7-17-13/h2-8H,1H3,(H,16,17,18). The van der Waals surface area contributed by atoms with E-state index in [-0.39, 0.29) is 22.6 Å². The summed E-state index contributed by atoms with van der Waals surface area (Å²) in [5.41, 5.74) is 1.08. The summed E-state index contributed by atoms with van der Waals surface area (Å²) in [5.74, 6) is 0.0569. The number of nitrogens with one attached hydrogen (secondary N) is 1. The van der Waals surface area contributed by atoms with Crippen molar-refractivity contribution in [3.8, 4) is 0 Å². The van der Waals surface area contributed by atoms with Crippen molar-refractivity contribution in [3.63, 3.8) is 0 Å². The van der Waals surface area contributed by atoms with E-state index >= 15 is 0 Å². The molecule has 1 heterocycles. The molecule has 0 bridgehead atoms. The molecule has 0 radical (unpaired) electrons. The molecule has 1 N–H and O–H groups in total. The summed E-state index contributed by atoms with van der Waals surface area (Å²) in [7, 11) is 0. The lowest BCUT2D eigenvalue weighted by Crippen LogP contribution is -2.10. The number of halogens is 2. The molecule has 19 heavy (non-hydrogen) atoms. The van der Waals surface area contributed by atoms with Gasteiger partial charge in [-0.15, -0.1) is 0 Å². The Morgan fingerprint density at radius 3 is 2.63 bits per heavy atom. The molecule has 1 atom stereocenters. The molecule has 0 aliphatic carbocycles. The molecule has 2 rings (SSSR count). The van der Waals surface area contributed by atoms with Crippen LogP contribution in [0.1, 0.15) is 28.9 Å². The highest BCUT2D eigenvalue weighted by atomic mass is 35.5. The second-order valence-corrected chi connectivity index (χ2v) is 4.32. The smallest absolute Gasteiger partial charge is 0.156 e. The maximum atomic E-state index is 12.8. The summed E-state index contributed by atoms with van der Waals surface area (Å²) in [4.78, 5) is 18.7. The molecule has 4 nitrogen and oxygen atoms in total. The van der Waals surface area contributed by atoms with Crippen molar-refractivity contribution in [2.75, 3.05) is 5.32 Å². The summed E-state index contributed by atoms with van der Waals surface area (Å²) < 4.78 is 12.8. The van der Waals surface area contributed by atoms with Gasteiger partial charge in [-0.1, -0.05) is 23.7 Å². The predicted octanol–water partition coefficient (Wildman–Crippen LogP) is 3.25. The number of rotatable bonds is 4. The van der Waals surface area contributed by atoms with Crippen molar-refractivity contribution in [2.24, 2.45) is 0 Å². The van der Waals surface area contributed by atoms with Gasteiger partial charge in [-0.05, 0) is 24.6 Å². The quantitative estimate of drug-likeness (QED) is 0.689. The second kappa shape index (κ2) is 5.75. The van der Waals surface area contributed by atoms with Crippen LogP contribution in [0.2, 0.25) is 5.15 Å². The molecule has 0 saturated carbocycles. The van der Waals surface area contributed by atoms with Gasteiger partial charge in [-0.2, -0.15) is 0 Å². The van der Waals surface area contributed by atoms with Crippen LogP contribution < -0.4 is 5.32 Å². The predicted molar refractivity (Wildman–Crippen MR) is 70.9 cm³/mol. The van der Waals surface area contributed by atoms with Crippen LogP contribution in [0.15, 0.2) is 30.6 Å². The number of hydrogen-bond acceptors (Lipinski definition) is 4. The van der Waals surface area contributed by atoms with E-state index in [1.54, 1.807) is 12.1 Å². The Balaban J connectivity index is 2.23. The van der Waals surface area contributed by atoms with Crippen molar-refractivity contribution < 1.29 is 9.18 Å². The molecule has 0 saturated heterocycles. The van der Waals surface area contributed by atoms with E-state index in [2.05, 4.69) is 15.3 Å². The number of carbonyl (C=O) groups is 1. The van der Waals surface area contributed by atoms with Crippen LogP contribution in [0.25, 0.3) is 0 Å². The number of benzene rings is 1. The van der Waals surface area contributed by atoms with Gasteiger partial charge in [-0.3, -0.25) is 4.79 Å². The number of aromatic nitrogens is 2. The summed E-state index contributed by atoms with van der Waals surface area (Å²) in [6.45, 7) is 1.87. The molecule has 6 heteroatoms. The Morgan fingerprint density at radius 2 is 2.00 bits per heavy atom. The summed E-state index contributed by atoms with van der Waals surface area (Å²) in [5, 5.41) is 3.14. The second-order valence-electron chi connectivity index (χ2n) is 3.96. The molecular formula is C13H11ClFN3O. The van der Waals surface area contributed by atoms with Gasteiger partial charge in [0.1, 0.15) is 23.1 Å². The third kappa shape index (κ3) is 3.06. The zero-order chi connectivity index (χ0) is 13.8. The molecule has 0 fully saturated rings. The third-order valence-electron chi connectivity index (χ3n) is 2.68. The fourth-order valence-corrected chi connectivity index (χ4v) is 1.81. The molecule has 98 valence electrons. The summed E-state index contributed by atoms with van der Waals surface area (Å²) >= 11 is 5.81. The van der Waals surface area contributed by atoms with E-state index in [0.29, 0.717) is 12.1 Å². The van der Waals surface area contributed by atoms with Gasteiger partial charge in [0.25, 0.3) is 0 Å². The molecule has 0 amide bonds. The van der Waals surface area contributed by atoms with Gasteiger partial charge in [0.2, 0.25) is 0 Å². The van der Waals surface area contributed by atoms with E-state index in [1.807, 2.05) is 6.92 Å². The molecule has 0 aliphatic rings. The number of hydrogen-bond donors (Lipinski definition) is 1. The Labute approximate surface area is 114 Å². The van der Waals surface area contributed by atoms with Gasteiger partial charge >= 0.3 is 0 Å². The number of aldehydes is 1. The van der Waals surface area contributed by atoms with Gasteiger partial charge in [-0.25, -0.2) is 14.4 Å². The topological polar surface area (TPSA) is 54.9 Å². The van der Waals surface area contributed by atoms with Crippen LogP contribution in [-0.2, 0) is 0 Å². The Morgan fingerprint density at radius 1 is 1.32 bits per heavy atom. The summed E-state index contributed by atoms with van der Waals surface area (Å²) in [6.07, 6.45) is 1.87. The van der Waals surface area contributed by atoms with Crippen LogP contribution in [-0.4, -0.2) is 16.3 Å². The molecule has 1 unspecified atom stereocenters. The lowest BCUT2D eigenvalue weighted by molar-refractivity contribution is 0.112. The zero-order valence-electron chi connectivity index (χ0n) is 10.1. The lowest BCUT2D eigenvalue weighted by atomic mass is 10.1. The third-order valence-corrected chi connectivity index (χ3v) is 2.98. The Kier molecular flexibility index (Phi) is 4.06. The van der Waals surface area contributed by atoms with Crippen molar-refractivity contribution in [1.29, 1.82) is 0 Å². The first kappa shape index (κ1) is 13.4. The molecular weight excluding hydrogens is 269 g/mol. The first-order valence-corrected chi connectivity index (χ1v) is 5.97. The number of anilines is 1. The van der Waals surface area contributed by atoms with Gasteiger partial charge in [0.05, 0.1) is 5.56 Å². The normalized spacial score (nSPS) is 11.9. The highest BCUT2D eigenvalue weighted by molar-refractivity contribution is 6.32. The minimum atomic E-state index is -0.297. The average molecular weight is 280 g/mol. The Hall–Kier alpha value is -2.01. The maximum absolute atomic E-state index is 12.8. The van der Waals surface area contributed by atoms with Gasteiger partial charge in [0, 0.05) is 6.04 Å². The van der Waals surface area contributed by atoms with Gasteiger partial charge < -0.3 is 5.32 Å². The zero-order valence-corrected chi connectivity index (χ0v) is 10.9. The maximum Gasteiger partial charge on any atom is 0.156 e. The first-order valence-electron chi connectivity index (χ1n) is 5.59. The van der Waals surface area contributed by atoms with Crippen LogP contribution >= 0.6 is 11.6 Å². The highest BCUT2D eigenvalue weighted by Crippen LogP contribution is 2.22. The fourth-order valence-electron chi connectivity index (χ4n) is 1.63. The van der Waals surface area contributed by atoms with Crippen LogP contribution in [0.5, 0.6) is 0 Å². The molecule has 0 spiro atoms.